The predicted octanol–water partition coefficient (Wildman–Crippen LogP) is 3.40. The molecule has 1 aromatic heterocycles. The number of phenols is 1. The number of pyridine rings is 1. The van der Waals surface area contributed by atoms with E-state index in [2.05, 4.69) is 15.5 Å². The van der Waals surface area contributed by atoms with Crippen LogP contribution in [0.5, 0.6) is 17.2 Å². The van der Waals surface area contributed by atoms with Crippen molar-refractivity contribution in [3.63, 3.8) is 0 Å². The molecule has 122 valence electrons. The van der Waals surface area contributed by atoms with Crippen LogP contribution < -0.4 is 14.9 Å². The summed E-state index contributed by atoms with van der Waals surface area (Å²) in [5.41, 5.74) is 4.50. The van der Waals surface area contributed by atoms with Crippen molar-refractivity contribution in [2.24, 2.45) is 5.10 Å². The highest BCUT2D eigenvalue weighted by Gasteiger charge is 2.10. The standard InChI is InChI=1S/C18H17N3O3/c1-23-15-9-12(10-16(24-2)18(15)22)11-19-21-17-8-7-13-5-3-4-6-14(13)20-17/h3-11,22H,1-2H3,(H,20,21)/b19-11+. The van der Waals surface area contributed by atoms with Gasteiger partial charge in [0.25, 0.3) is 0 Å². The van der Waals surface area contributed by atoms with Gasteiger partial charge >= 0.3 is 0 Å². The van der Waals surface area contributed by atoms with Crippen molar-refractivity contribution in [1.29, 1.82) is 0 Å². The van der Waals surface area contributed by atoms with E-state index >= 15 is 0 Å². The quantitative estimate of drug-likeness (QED) is 0.556. The third-order valence-corrected chi connectivity index (χ3v) is 3.49. The van der Waals surface area contributed by atoms with Gasteiger partial charge in [0.2, 0.25) is 5.75 Å². The number of phenolic OH excluding ortho intramolecular Hbond substituents is 1. The lowest BCUT2D eigenvalue weighted by Gasteiger charge is -2.09. The van der Waals surface area contributed by atoms with Crippen LogP contribution in [0.15, 0.2) is 53.6 Å². The summed E-state index contributed by atoms with van der Waals surface area (Å²) in [5.74, 6) is 1.24. The summed E-state index contributed by atoms with van der Waals surface area (Å²) in [5, 5.41) is 15.1. The van der Waals surface area contributed by atoms with E-state index in [1.807, 2.05) is 36.4 Å². The molecule has 0 unspecified atom stereocenters. The van der Waals surface area contributed by atoms with Crippen LogP contribution in [-0.2, 0) is 0 Å². The summed E-state index contributed by atoms with van der Waals surface area (Å²) in [6, 6.07) is 15.0. The number of anilines is 1. The Morgan fingerprint density at radius 1 is 1.04 bits per heavy atom. The van der Waals surface area contributed by atoms with E-state index in [4.69, 9.17) is 9.47 Å². The number of nitrogens with one attached hydrogen (secondary N) is 1. The lowest BCUT2D eigenvalue weighted by molar-refractivity contribution is 0.340. The van der Waals surface area contributed by atoms with Gasteiger partial charge in [0.1, 0.15) is 5.82 Å². The number of hydrazone groups is 1. The summed E-state index contributed by atoms with van der Waals surface area (Å²) in [7, 11) is 2.96. The van der Waals surface area contributed by atoms with Gasteiger partial charge in [0.15, 0.2) is 11.5 Å². The second-order valence-corrected chi connectivity index (χ2v) is 5.03. The number of benzene rings is 2. The first-order chi connectivity index (χ1) is 11.7. The van der Waals surface area contributed by atoms with Crippen LogP contribution in [0.25, 0.3) is 10.9 Å². The fourth-order valence-electron chi connectivity index (χ4n) is 2.29. The number of fused-ring (bicyclic) bond motifs is 1. The average Bonchev–Trinajstić information content (AvgIpc) is 2.62. The zero-order valence-corrected chi connectivity index (χ0v) is 13.4. The SMILES string of the molecule is COc1cc(/C=N/Nc2ccc3ccccc3n2)cc(OC)c1O. The first-order valence-corrected chi connectivity index (χ1v) is 7.31. The van der Waals surface area contributed by atoms with Crippen molar-refractivity contribution in [3.05, 3.63) is 54.1 Å². The van der Waals surface area contributed by atoms with E-state index in [1.54, 1.807) is 18.3 Å². The lowest BCUT2D eigenvalue weighted by atomic mass is 10.2. The Balaban J connectivity index is 1.80. The van der Waals surface area contributed by atoms with Crippen LogP contribution in [0.2, 0.25) is 0 Å². The van der Waals surface area contributed by atoms with E-state index in [1.165, 1.54) is 14.2 Å². The molecule has 0 saturated carbocycles. The van der Waals surface area contributed by atoms with Gasteiger partial charge in [0, 0.05) is 10.9 Å². The normalized spacial score (nSPS) is 10.9. The summed E-state index contributed by atoms with van der Waals surface area (Å²) >= 11 is 0. The van der Waals surface area contributed by atoms with Crippen LogP contribution in [0, 0.1) is 0 Å². The molecule has 0 aliphatic heterocycles. The van der Waals surface area contributed by atoms with Gasteiger partial charge in [-0.15, -0.1) is 0 Å². The zero-order chi connectivity index (χ0) is 16.9. The molecule has 2 aromatic carbocycles. The van der Waals surface area contributed by atoms with E-state index < -0.39 is 0 Å². The first kappa shape index (κ1) is 15.6. The van der Waals surface area contributed by atoms with E-state index in [-0.39, 0.29) is 5.75 Å². The van der Waals surface area contributed by atoms with Crippen molar-refractivity contribution in [2.45, 2.75) is 0 Å². The number of ether oxygens (including phenoxy) is 2. The number of para-hydroxylation sites is 1. The Labute approximate surface area is 139 Å². The molecule has 1 heterocycles. The molecule has 0 spiro atoms. The minimum Gasteiger partial charge on any atom is -0.502 e. The molecule has 2 N–H and O–H groups in total. The lowest BCUT2D eigenvalue weighted by Crippen LogP contribution is -1.95. The Morgan fingerprint density at radius 3 is 2.46 bits per heavy atom. The first-order valence-electron chi connectivity index (χ1n) is 7.31. The molecular weight excluding hydrogens is 306 g/mol. The van der Waals surface area contributed by atoms with Gasteiger partial charge in [-0.1, -0.05) is 18.2 Å². The van der Waals surface area contributed by atoms with Crippen LogP contribution >= 0.6 is 0 Å². The molecule has 0 fully saturated rings. The summed E-state index contributed by atoms with van der Waals surface area (Å²) in [4.78, 5) is 4.47. The number of methoxy groups -OCH3 is 2. The van der Waals surface area contributed by atoms with Crippen LogP contribution in [0.1, 0.15) is 5.56 Å². The highest BCUT2D eigenvalue weighted by Crippen LogP contribution is 2.36. The maximum atomic E-state index is 9.90. The van der Waals surface area contributed by atoms with Crippen molar-refractivity contribution in [2.75, 3.05) is 19.6 Å². The number of hydrogen-bond donors (Lipinski definition) is 2. The number of rotatable bonds is 5. The van der Waals surface area contributed by atoms with Gasteiger partial charge in [-0.05, 0) is 30.3 Å². The maximum absolute atomic E-state index is 9.90. The minimum absolute atomic E-state index is 0.0405. The van der Waals surface area contributed by atoms with Crippen LogP contribution in [0.4, 0.5) is 5.82 Å². The fourth-order valence-corrected chi connectivity index (χ4v) is 2.29. The van der Waals surface area contributed by atoms with Crippen molar-refractivity contribution < 1.29 is 14.6 Å². The van der Waals surface area contributed by atoms with E-state index in [9.17, 15) is 5.11 Å². The predicted molar refractivity (Wildman–Crippen MR) is 94.2 cm³/mol. The Hall–Kier alpha value is -3.28. The molecule has 6 heteroatoms. The van der Waals surface area contributed by atoms with Gasteiger partial charge in [-0.25, -0.2) is 4.98 Å². The van der Waals surface area contributed by atoms with Gasteiger partial charge < -0.3 is 14.6 Å². The highest BCUT2D eigenvalue weighted by molar-refractivity contribution is 5.83. The molecule has 0 atom stereocenters. The molecule has 6 nitrogen and oxygen atoms in total. The maximum Gasteiger partial charge on any atom is 0.200 e. The molecular formula is C18H17N3O3. The smallest absolute Gasteiger partial charge is 0.200 e. The third kappa shape index (κ3) is 3.22. The summed E-state index contributed by atoms with van der Waals surface area (Å²) in [6.45, 7) is 0. The molecule has 3 aromatic rings. The second kappa shape index (κ2) is 6.87. The number of hydrogen-bond acceptors (Lipinski definition) is 6. The van der Waals surface area contributed by atoms with Crippen LogP contribution in [-0.4, -0.2) is 30.5 Å². The number of aromatic hydroxyl groups is 1. The van der Waals surface area contributed by atoms with Gasteiger partial charge in [-0.2, -0.15) is 5.10 Å². The summed E-state index contributed by atoms with van der Waals surface area (Å²) in [6.07, 6.45) is 1.60. The minimum atomic E-state index is -0.0405. The number of aromatic nitrogens is 1. The Bertz CT molecular complexity index is 869. The largest absolute Gasteiger partial charge is 0.502 e. The average molecular weight is 323 g/mol. The van der Waals surface area contributed by atoms with Crippen molar-refractivity contribution in [3.8, 4) is 17.2 Å². The van der Waals surface area contributed by atoms with E-state index in [0.29, 0.717) is 17.3 Å². The third-order valence-electron chi connectivity index (χ3n) is 3.49. The molecule has 0 radical (unpaired) electrons. The molecule has 0 aliphatic carbocycles. The molecule has 3 rings (SSSR count). The molecule has 0 saturated heterocycles. The molecule has 0 bridgehead atoms. The fraction of sp³-hybridized carbons (Fsp3) is 0.111. The molecule has 0 amide bonds. The summed E-state index contributed by atoms with van der Waals surface area (Å²) < 4.78 is 10.2. The topological polar surface area (TPSA) is 76.0 Å². The Morgan fingerprint density at radius 2 is 1.75 bits per heavy atom. The van der Waals surface area contributed by atoms with Crippen molar-refractivity contribution in [1.82, 2.24) is 4.98 Å². The van der Waals surface area contributed by atoms with Crippen molar-refractivity contribution >= 4 is 22.9 Å². The monoisotopic (exact) mass is 323 g/mol. The Kier molecular flexibility index (Phi) is 4.47. The number of nitrogens with zero attached hydrogens (tertiary/aromatic N) is 2. The van der Waals surface area contributed by atoms with Gasteiger partial charge in [-0.3, -0.25) is 5.43 Å². The molecule has 0 aliphatic rings. The van der Waals surface area contributed by atoms with Crippen LogP contribution in [0.3, 0.4) is 0 Å². The molecule has 24 heavy (non-hydrogen) atoms. The van der Waals surface area contributed by atoms with Gasteiger partial charge in [0.05, 0.1) is 26.0 Å². The van der Waals surface area contributed by atoms with E-state index in [0.717, 1.165) is 16.5 Å². The second-order valence-electron chi connectivity index (χ2n) is 5.03. The zero-order valence-electron chi connectivity index (χ0n) is 13.4. The highest BCUT2D eigenvalue weighted by atomic mass is 16.5.